The Morgan fingerprint density at radius 2 is 2.12 bits per heavy atom. The third-order valence-corrected chi connectivity index (χ3v) is 2.73. The van der Waals surface area contributed by atoms with Gasteiger partial charge >= 0.3 is 0 Å². The number of hydrogen-bond donors (Lipinski definition) is 2. The molecule has 0 radical (unpaired) electrons. The van der Waals surface area contributed by atoms with E-state index in [1.54, 1.807) is 0 Å². The summed E-state index contributed by atoms with van der Waals surface area (Å²) < 4.78 is 31.7. The van der Waals surface area contributed by atoms with Crippen LogP contribution in [0.5, 0.6) is 0 Å². The Hall–Kier alpha value is -1.36. The molecule has 0 bridgehead atoms. The minimum atomic E-state index is -0.938. The second kappa shape index (κ2) is 5.31. The molecule has 1 aromatic rings. The predicted molar refractivity (Wildman–Crippen MR) is 62.8 cm³/mol. The summed E-state index contributed by atoms with van der Waals surface area (Å²) in [4.78, 5) is 0. The molecule has 0 amide bonds. The van der Waals surface area contributed by atoms with Crippen LogP contribution >= 0.6 is 0 Å². The Labute approximate surface area is 98.9 Å². The van der Waals surface area contributed by atoms with Crippen molar-refractivity contribution in [3.05, 3.63) is 23.8 Å². The first kappa shape index (κ1) is 12.1. The van der Waals surface area contributed by atoms with Gasteiger partial charge in [0, 0.05) is 13.2 Å². The van der Waals surface area contributed by atoms with Gasteiger partial charge in [0.1, 0.15) is 0 Å². The van der Waals surface area contributed by atoms with Crippen LogP contribution in [0.15, 0.2) is 12.1 Å². The first-order valence-corrected chi connectivity index (χ1v) is 5.73. The van der Waals surface area contributed by atoms with Crippen LogP contribution in [-0.2, 0) is 4.74 Å². The van der Waals surface area contributed by atoms with Crippen molar-refractivity contribution in [1.82, 2.24) is 0 Å². The number of nitrogens with one attached hydrogen (secondary N) is 1. The van der Waals surface area contributed by atoms with E-state index in [1.807, 2.05) is 0 Å². The van der Waals surface area contributed by atoms with Crippen LogP contribution < -0.4 is 11.1 Å². The molecule has 0 spiro atoms. The average Bonchev–Trinajstić information content (AvgIpc) is 3.11. The maximum Gasteiger partial charge on any atom is 0.183 e. The molecule has 3 nitrogen and oxygen atoms in total. The summed E-state index contributed by atoms with van der Waals surface area (Å²) in [7, 11) is 0. The average molecular weight is 242 g/mol. The molecule has 1 fully saturated rings. The normalized spacial score (nSPS) is 14.9. The molecule has 0 aliphatic heterocycles. The van der Waals surface area contributed by atoms with E-state index >= 15 is 0 Å². The highest BCUT2D eigenvalue weighted by molar-refractivity contribution is 5.66. The van der Waals surface area contributed by atoms with Crippen molar-refractivity contribution in [1.29, 1.82) is 0 Å². The zero-order valence-corrected chi connectivity index (χ0v) is 9.51. The standard InChI is InChI=1S/C12H16F2N2O/c13-9-3-4-10(15)12(11(9)14)16-5-6-17-7-8-1-2-8/h3-4,8,16H,1-2,5-7,15H2. The third kappa shape index (κ3) is 3.30. The van der Waals surface area contributed by atoms with Gasteiger partial charge in [-0.3, -0.25) is 0 Å². The summed E-state index contributed by atoms with van der Waals surface area (Å²) in [5.41, 5.74) is 5.77. The monoisotopic (exact) mass is 242 g/mol. The van der Waals surface area contributed by atoms with Gasteiger partial charge < -0.3 is 15.8 Å². The molecule has 1 aliphatic carbocycles. The van der Waals surface area contributed by atoms with Gasteiger partial charge in [-0.05, 0) is 30.9 Å². The highest BCUT2D eigenvalue weighted by atomic mass is 19.2. The Morgan fingerprint density at radius 1 is 1.35 bits per heavy atom. The van der Waals surface area contributed by atoms with Crippen molar-refractivity contribution in [2.75, 3.05) is 30.8 Å². The Morgan fingerprint density at radius 3 is 2.82 bits per heavy atom. The lowest BCUT2D eigenvalue weighted by Gasteiger charge is -2.11. The summed E-state index contributed by atoms with van der Waals surface area (Å²) in [6.45, 7) is 1.63. The van der Waals surface area contributed by atoms with Gasteiger partial charge in [-0.1, -0.05) is 0 Å². The van der Waals surface area contributed by atoms with Crippen LogP contribution in [0, 0.1) is 17.6 Å². The molecule has 2 rings (SSSR count). The molecule has 94 valence electrons. The molecular weight excluding hydrogens is 226 g/mol. The highest BCUT2D eigenvalue weighted by Crippen LogP contribution is 2.28. The number of ether oxygens (including phenoxy) is 1. The summed E-state index contributed by atoms with van der Waals surface area (Å²) in [5.74, 6) is -1.14. The van der Waals surface area contributed by atoms with Gasteiger partial charge in [-0.2, -0.15) is 0 Å². The fraction of sp³-hybridized carbons (Fsp3) is 0.500. The molecule has 0 aromatic heterocycles. The van der Waals surface area contributed by atoms with Crippen molar-refractivity contribution in [3.63, 3.8) is 0 Å². The smallest absolute Gasteiger partial charge is 0.183 e. The second-order valence-corrected chi connectivity index (χ2v) is 4.27. The van der Waals surface area contributed by atoms with Crippen LogP contribution in [0.3, 0.4) is 0 Å². The maximum atomic E-state index is 13.4. The highest BCUT2D eigenvalue weighted by Gasteiger charge is 2.20. The largest absolute Gasteiger partial charge is 0.397 e. The molecule has 1 aromatic carbocycles. The fourth-order valence-corrected chi connectivity index (χ4v) is 1.53. The predicted octanol–water partition coefficient (Wildman–Crippen LogP) is 2.39. The zero-order chi connectivity index (χ0) is 12.3. The number of benzene rings is 1. The van der Waals surface area contributed by atoms with E-state index < -0.39 is 11.6 Å². The number of hydrogen-bond acceptors (Lipinski definition) is 3. The molecule has 5 heteroatoms. The van der Waals surface area contributed by atoms with Gasteiger partial charge in [0.15, 0.2) is 11.6 Å². The SMILES string of the molecule is Nc1ccc(F)c(F)c1NCCOCC1CC1. The second-order valence-electron chi connectivity index (χ2n) is 4.27. The van der Waals surface area contributed by atoms with Crippen LogP contribution in [0.2, 0.25) is 0 Å². The molecule has 17 heavy (non-hydrogen) atoms. The minimum absolute atomic E-state index is 0.0139. The van der Waals surface area contributed by atoms with Gasteiger partial charge in [0.25, 0.3) is 0 Å². The number of halogens is 2. The zero-order valence-electron chi connectivity index (χ0n) is 9.51. The first-order chi connectivity index (χ1) is 8.18. The Balaban J connectivity index is 1.78. The van der Waals surface area contributed by atoms with E-state index in [4.69, 9.17) is 10.5 Å². The van der Waals surface area contributed by atoms with E-state index in [1.165, 1.54) is 18.9 Å². The van der Waals surface area contributed by atoms with Crippen molar-refractivity contribution in [2.45, 2.75) is 12.8 Å². The lowest BCUT2D eigenvalue weighted by atomic mass is 10.2. The third-order valence-electron chi connectivity index (χ3n) is 2.73. The molecule has 0 atom stereocenters. The van der Waals surface area contributed by atoms with Crippen LogP contribution in [0.25, 0.3) is 0 Å². The van der Waals surface area contributed by atoms with Gasteiger partial charge in [0.05, 0.1) is 18.0 Å². The van der Waals surface area contributed by atoms with Crippen molar-refractivity contribution in [3.8, 4) is 0 Å². The van der Waals surface area contributed by atoms with Crippen LogP contribution in [0.4, 0.5) is 20.2 Å². The lowest BCUT2D eigenvalue weighted by molar-refractivity contribution is 0.134. The number of anilines is 2. The van der Waals surface area contributed by atoms with Crippen LogP contribution in [-0.4, -0.2) is 19.8 Å². The number of nitrogens with two attached hydrogens (primary N) is 1. The van der Waals surface area contributed by atoms with Gasteiger partial charge in [0.2, 0.25) is 0 Å². The Bertz CT molecular complexity index is 394. The molecule has 0 unspecified atom stereocenters. The van der Waals surface area contributed by atoms with Gasteiger partial charge in [-0.25, -0.2) is 8.78 Å². The molecule has 3 N–H and O–H groups in total. The molecule has 1 saturated carbocycles. The summed E-state index contributed by atoms with van der Waals surface area (Å²) in [5, 5.41) is 2.75. The van der Waals surface area contributed by atoms with E-state index in [2.05, 4.69) is 5.32 Å². The van der Waals surface area contributed by atoms with E-state index in [0.29, 0.717) is 19.1 Å². The van der Waals surface area contributed by atoms with E-state index in [0.717, 1.165) is 12.7 Å². The topological polar surface area (TPSA) is 47.3 Å². The molecular formula is C12H16F2N2O. The first-order valence-electron chi connectivity index (χ1n) is 5.73. The van der Waals surface area contributed by atoms with E-state index in [-0.39, 0.29) is 11.4 Å². The maximum absolute atomic E-state index is 13.4. The number of rotatable bonds is 6. The number of nitrogen functional groups attached to an aromatic ring is 1. The lowest BCUT2D eigenvalue weighted by Crippen LogP contribution is -2.13. The summed E-state index contributed by atoms with van der Waals surface area (Å²) >= 11 is 0. The molecule has 1 aliphatic rings. The van der Waals surface area contributed by atoms with Crippen molar-refractivity contribution in [2.24, 2.45) is 5.92 Å². The molecule has 0 saturated heterocycles. The summed E-state index contributed by atoms with van der Waals surface area (Å²) in [6.07, 6.45) is 2.47. The van der Waals surface area contributed by atoms with Crippen LogP contribution in [0.1, 0.15) is 12.8 Å². The van der Waals surface area contributed by atoms with Crippen molar-refractivity contribution >= 4 is 11.4 Å². The minimum Gasteiger partial charge on any atom is -0.397 e. The van der Waals surface area contributed by atoms with E-state index in [9.17, 15) is 8.78 Å². The molecule has 0 heterocycles. The van der Waals surface area contributed by atoms with Crippen molar-refractivity contribution < 1.29 is 13.5 Å². The Kier molecular flexibility index (Phi) is 3.78. The summed E-state index contributed by atoms with van der Waals surface area (Å²) in [6, 6.07) is 2.35. The fourth-order valence-electron chi connectivity index (χ4n) is 1.53. The van der Waals surface area contributed by atoms with Gasteiger partial charge in [-0.15, -0.1) is 0 Å². The quantitative estimate of drug-likeness (QED) is 0.594.